The zero-order valence-electron chi connectivity index (χ0n) is 11.6. The fourth-order valence-electron chi connectivity index (χ4n) is 2.12. The van der Waals surface area contributed by atoms with Crippen LogP contribution >= 0.6 is 0 Å². The first-order chi connectivity index (χ1) is 9.71. The third-order valence-electron chi connectivity index (χ3n) is 3.02. The lowest BCUT2D eigenvalue weighted by atomic mass is 10.1. The number of rotatable bonds is 6. The number of nitrogens with one attached hydrogen (secondary N) is 1. The van der Waals surface area contributed by atoms with Crippen molar-refractivity contribution in [3.8, 4) is 6.07 Å². The molecule has 0 aliphatic rings. The Labute approximate surface area is 118 Å². The van der Waals surface area contributed by atoms with Gasteiger partial charge in [0.05, 0.1) is 11.6 Å². The van der Waals surface area contributed by atoms with E-state index < -0.39 is 0 Å². The monoisotopic (exact) mass is 271 g/mol. The smallest absolute Gasteiger partial charge is 0.124 e. The summed E-state index contributed by atoms with van der Waals surface area (Å²) >= 11 is 0. The van der Waals surface area contributed by atoms with Crippen LogP contribution in [0.5, 0.6) is 0 Å². The summed E-state index contributed by atoms with van der Waals surface area (Å²) in [5, 5.41) is 12.2. The van der Waals surface area contributed by atoms with E-state index in [0.29, 0.717) is 12.1 Å². The van der Waals surface area contributed by atoms with Crippen molar-refractivity contribution in [1.29, 1.82) is 5.26 Å². The molecule has 0 atom stereocenters. The average molecular weight is 271 g/mol. The first-order valence-corrected chi connectivity index (χ1v) is 6.76. The fraction of sp³-hybridized carbons (Fsp3) is 0.312. The molecule has 0 radical (unpaired) electrons. The molecule has 104 valence electrons. The van der Waals surface area contributed by atoms with Crippen LogP contribution in [0.25, 0.3) is 0 Å². The summed E-state index contributed by atoms with van der Waals surface area (Å²) in [6.45, 7) is 4.54. The van der Waals surface area contributed by atoms with Gasteiger partial charge in [-0.1, -0.05) is 6.92 Å². The van der Waals surface area contributed by atoms with Crippen LogP contribution in [0.2, 0.25) is 0 Å². The second-order valence-corrected chi connectivity index (χ2v) is 4.83. The molecule has 20 heavy (non-hydrogen) atoms. The molecular formula is C16H18FN3. The van der Waals surface area contributed by atoms with Crippen LogP contribution in [0, 0.1) is 17.1 Å². The Morgan fingerprint density at radius 1 is 1.30 bits per heavy atom. The third kappa shape index (κ3) is 3.94. The van der Waals surface area contributed by atoms with Crippen LogP contribution in [-0.2, 0) is 13.1 Å². The van der Waals surface area contributed by atoms with E-state index in [4.69, 9.17) is 5.26 Å². The fourth-order valence-corrected chi connectivity index (χ4v) is 2.12. The Morgan fingerprint density at radius 3 is 2.90 bits per heavy atom. The maximum atomic E-state index is 13.4. The molecule has 0 unspecified atom stereocenters. The number of nitrogens with zero attached hydrogens (tertiary/aromatic N) is 2. The highest BCUT2D eigenvalue weighted by molar-refractivity contribution is 5.33. The molecular weight excluding hydrogens is 253 g/mol. The first kappa shape index (κ1) is 14.3. The van der Waals surface area contributed by atoms with Gasteiger partial charge in [-0.3, -0.25) is 0 Å². The molecule has 1 heterocycles. The molecule has 1 aromatic carbocycles. The highest BCUT2D eigenvalue weighted by Crippen LogP contribution is 2.11. The predicted octanol–water partition coefficient (Wildman–Crippen LogP) is 3.05. The molecule has 1 N–H and O–H groups in total. The number of nitriles is 1. The van der Waals surface area contributed by atoms with Gasteiger partial charge in [-0.25, -0.2) is 4.39 Å². The summed E-state index contributed by atoms with van der Waals surface area (Å²) < 4.78 is 15.4. The van der Waals surface area contributed by atoms with Crippen LogP contribution in [-0.4, -0.2) is 11.1 Å². The van der Waals surface area contributed by atoms with Gasteiger partial charge in [0.1, 0.15) is 5.82 Å². The number of aromatic nitrogens is 1. The first-order valence-electron chi connectivity index (χ1n) is 6.76. The molecule has 1 aromatic heterocycles. The van der Waals surface area contributed by atoms with E-state index >= 15 is 0 Å². The van der Waals surface area contributed by atoms with Gasteiger partial charge in [0.25, 0.3) is 0 Å². The number of hydrogen-bond donors (Lipinski definition) is 1. The van der Waals surface area contributed by atoms with Crippen LogP contribution in [0.15, 0.2) is 36.7 Å². The highest BCUT2D eigenvalue weighted by atomic mass is 19.1. The SMILES string of the molecule is CCCNCc1ccn(Cc2cc(F)cc(C#N)c2)c1. The number of halogens is 1. The van der Waals surface area contributed by atoms with Gasteiger partial charge in [0, 0.05) is 25.5 Å². The summed E-state index contributed by atoms with van der Waals surface area (Å²) in [5.41, 5.74) is 2.36. The van der Waals surface area contributed by atoms with E-state index in [1.54, 1.807) is 6.07 Å². The van der Waals surface area contributed by atoms with E-state index in [0.717, 1.165) is 25.1 Å². The molecule has 0 amide bonds. The molecule has 3 nitrogen and oxygen atoms in total. The largest absolute Gasteiger partial charge is 0.350 e. The Hall–Kier alpha value is -2.12. The minimum Gasteiger partial charge on any atom is -0.350 e. The summed E-state index contributed by atoms with van der Waals surface area (Å²) in [5.74, 6) is -0.365. The highest BCUT2D eigenvalue weighted by Gasteiger charge is 2.02. The second kappa shape index (κ2) is 6.88. The molecule has 2 aromatic rings. The van der Waals surface area contributed by atoms with E-state index in [-0.39, 0.29) is 5.82 Å². The summed E-state index contributed by atoms with van der Waals surface area (Å²) in [6, 6.07) is 8.46. The van der Waals surface area contributed by atoms with Crippen molar-refractivity contribution in [3.63, 3.8) is 0 Å². The molecule has 0 spiro atoms. The maximum absolute atomic E-state index is 13.4. The van der Waals surface area contributed by atoms with Gasteiger partial charge in [-0.05, 0) is 48.4 Å². The average Bonchev–Trinajstić information content (AvgIpc) is 2.86. The minimum atomic E-state index is -0.365. The summed E-state index contributed by atoms with van der Waals surface area (Å²) in [4.78, 5) is 0. The Kier molecular flexibility index (Phi) is 4.91. The Morgan fingerprint density at radius 2 is 2.15 bits per heavy atom. The van der Waals surface area contributed by atoms with Crippen molar-refractivity contribution in [3.05, 3.63) is 59.2 Å². The van der Waals surface area contributed by atoms with Crippen LogP contribution in [0.3, 0.4) is 0 Å². The third-order valence-corrected chi connectivity index (χ3v) is 3.02. The lowest BCUT2D eigenvalue weighted by molar-refractivity contribution is 0.623. The van der Waals surface area contributed by atoms with E-state index in [1.165, 1.54) is 17.7 Å². The molecule has 0 aliphatic heterocycles. The topological polar surface area (TPSA) is 40.8 Å². The Balaban J connectivity index is 2.03. The quantitative estimate of drug-likeness (QED) is 0.820. The molecule has 2 rings (SSSR count). The standard InChI is InChI=1S/C16H18FN3/c1-2-4-19-10-13-3-5-20(11-13)12-15-6-14(9-18)7-16(17)8-15/h3,5-8,11,19H,2,4,10,12H2,1H3. The van der Waals surface area contributed by atoms with Gasteiger partial charge >= 0.3 is 0 Å². The van der Waals surface area contributed by atoms with Crippen molar-refractivity contribution < 1.29 is 4.39 Å². The van der Waals surface area contributed by atoms with E-state index in [1.807, 2.05) is 29.1 Å². The summed E-state index contributed by atoms with van der Waals surface area (Å²) in [7, 11) is 0. The van der Waals surface area contributed by atoms with E-state index in [2.05, 4.69) is 12.2 Å². The van der Waals surface area contributed by atoms with Crippen LogP contribution in [0.1, 0.15) is 30.0 Å². The zero-order valence-corrected chi connectivity index (χ0v) is 11.6. The zero-order chi connectivity index (χ0) is 14.4. The van der Waals surface area contributed by atoms with Crippen molar-refractivity contribution in [2.75, 3.05) is 6.54 Å². The molecule has 0 fully saturated rings. The summed E-state index contributed by atoms with van der Waals surface area (Å²) in [6.07, 6.45) is 5.13. The molecule has 4 heteroatoms. The van der Waals surface area contributed by atoms with Crippen molar-refractivity contribution in [1.82, 2.24) is 9.88 Å². The molecule has 0 bridgehead atoms. The van der Waals surface area contributed by atoms with Gasteiger partial charge in [-0.15, -0.1) is 0 Å². The van der Waals surface area contributed by atoms with Crippen molar-refractivity contribution in [2.24, 2.45) is 0 Å². The predicted molar refractivity (Wildman–Crippen MR) is 76.6 cm³/mol. The van der Waals surface area contributed by atoms with Crippen molar-refractivity contribution in [2.45, 2.75) is 26.4 Å². The minimum absolute atomic E-state index is 0.358. The number of benzene rings is 1. The number of hydrogen-bond acceptors (Lipinski definition) is 2. The van der Waals surface area contributed by atoms with E-state index in [9.17, 15) is 4.39 Å². The van der Waals surface area contributed by atoms with Gasteiger partial charge in [0.15, 0.2) is 0 Å². The van der Waals surface area contributed by atoms with Gasteiger partial charge < -0.3 is 9.88 Å². The van der Waals surface area contributed by atoms with Crippen LogP contribution in [0.4, 0.5) is 4.39 Å². The Bertz CT molecular complexity index is 610. The second-order valence-electron chi connectivity index (χ2n) is 4.83. The van der Waals surface area contributed by atoms with Crippen molar-refractivity contribution >= 4 is 0 Å². The molecule has 0 saturated heterocycles. The normalized spacial score (nSPS) is 10.4. The lowest BCUT2D eigenvalue weighted by Gasteiger charge is -2.04. The maximum Gasteiger partial charge on any atom is 0.124 e. The van der Waals surface area contributed by atoms with Gasteiger partial charge in [0.2, 0.25) is 0 Å². The lowest BCUT2D eigenvalue weighted by Crippen LogP contribution is -2.13. The van der Waals surface area contributed by atoms with Gasteiger partial charge in [-0.2, -0.15) is 5.26 Å². The van der Waals surface area contributed by atoms with Crippen LogP contribution < -0.4 is 5.32 Å². The molecule has 0 saturated carbocycles. The molecule has 0 aliphatic carbocycles.